The number of rotatable bonds is 5. The van der Waals surface area contributed by atoms with Crippen molar-refractivity contribution < 1.29 is 19.2 Å². The van der Waals surface area contributed by atoms with Gasteiger partial charge in [0.25, 0.3) is 10.9 Å². The van der Waals surface area contributed by atoms with Gasteiger partial charge in [0.2, 0.25) is 5.89 Å². The molecule has 0 atom stereocenters. The Bertz CT molecular complexity index is 670. The molecule has 0 aliphatic heterocycles. The molecule has 0 bridgehead atoms. The molecule has 8 nitrogen and oxygen atoms in total. The molecule has 0 amide bonds. The number of hydrogen-bond acceptors (Lipinski definition) is 7. The first kappa shape index (κ1) is 14.0. The van der Waals surface area contributed by atoms with E-state index in [1.807, 2.05) is 0 Å². The van der Waals surface area contributed by atoms with Crippen molar-refractivity contribution in [3.63, 3.8) is 0 Å². The minimum Gasteiger partial charge on any atom is -0.481 e. The highest BCUT2D eigenvalue weighted by Gasteiger charge is 2.15. The van der Waals surface area contributed by atoms with Crippen molar-refractivity contribution >= 4 is 23.4 Å². The number of nitrogens with zero attached hydrogens (tertiary/aromatic N) is 3. The summed E-state index contributed by atoms with van der Waals surface area (Å²) in [5.41, 5.74) is 1.18. The molecule has 2 rings (SSSR count). The van der Waals surface area contributed by atoms with Gasteiger partial charge in [0, 0.05) is 17.7 Å². The molecular formula is C11H9N3O5S. The summed E-state index contributed by atoms with van der Waals surface area (Å²) in [5, 5.41) is 26.9. The molecule has 0 fully saturated rings. The fourth-order valence-electron chi connectivity index (χ4n) is 1.50. The summed E-state index contributed by atoms with van der Waals surface area (Å²) >= 11 is 0.910. The number of carboxylic acid groups (broad SMARTS) is 1. The SMILES string of the molecule is Cc1cc([N+](=O)[O-])ccc1-c1nnc(SCC(=O)O)o1. The van der Waals surface area contributed by atoms with Gasteiger partial charge in [-0.25, -0.2) is 0 Å². The van der Waals surface area contributed by atoms with Crippen molar-refractivity contribution in [3.8, 4) is 11.5 Å². The molecule has 0 saturated carbocycles. The van der Waals surface area contributed by atoms with Gasteiger partial charge in [0.15, 0.2) is 0 Å². The zero-order valence-corrected chi connectivity index (χ0v) is 11.1. The van der Waals surface area contributed by atoms with Gasteiger partial charge in [-0.3, -0.25) is 14.9 Å². The summed E-state index contributed by atoms with van der Waals surface area (Å²) in [6, 6.07) is 4.27. The van der Waals surface area contributed by atoms with Crippen LogP contribution in [0.2, 0.25) is 0 Å². The normalized spacial score (nSPS) is 10.4. The third-order valence-corrected chi connectivity index (χ3v) is 3.18. The van der Waals surface area contributed by atoms with Crippen LogP contribution in [0.5, 0.6) is 0 Å². The Morgan fingerprint density at radius 1 is 1.50 bits per heavy atom. The Kier molecular flexibility index (Phi) is 3.99. The standard InChI is InChI=1S/C11H9N3O5S/c1-6-4-7(14(17)18)2-3-8(6)10-12-13-11(19-10)20-5-9(15)16/h2-4H,5H2,1H3,(H,15,16). The van der Waals surface area contributed by atoms with E-state index in [1.165, 1.54) is 18.2 Å². The number of benzene rings is 1. The molecule has 9 heteroatoms. The first-order valence-electron chi connectivity index (χ1n) is 5.41. The molecule has 0 aliphatic carbocycles. The number of hydrogen-bond donors (Lipinski definition) is 1. The largest absolute Gasteiger partial charge is 0.481 e. The van der Waals surface area contributed by atoms with E-state index in [4.69, 9.17) is 9.52 Å². The molecule has 2 aromatic rings. The lowest BCUT2D eigenvalue weighted by atomic mass is 10.1. The van der Waals surface area contributed by atoms with E-state index in [1.54, 1.807) is 6.92 Å². The third kappa shape index (κ3) is 3.12. The van der Waals surface area contributed by atoms with Crippen LogP contribution in [0.4, 0.5) is 5.69 Å². The molecule has 104 valence electrons. The number of carbonyl (C=O) groups is 1. The van der Waals surface area contributed by atoms with Gasteiger partial charge in [0.05, 0.1) is 4.92 Å². The van der Waals surface area contributed by atoms with Crippen LogP contribution in [0, 0.1) is 17.0 Å². The fourth-order valence-corrected chi connectivity index (χ4v) is 1.99. The van der Waals surface area contributed by atoms with Crippen LogP contribution >= 0.6 is 11.8 Å². The van der Waals surface area contributed by atoms with E-state index in [2.05, 4.69) is 10.2 Å². The zero-order valence-electron chi connectivity index (χ0n) is 10.3. The van der Waals surface area contributed by atoms with Crippen LogP contribution in [0.15, 0.2) is 27.8 Å². The number of non-ortho nitro benzene ring substituents is 1. The first-order valence-corrected chi connectivity index (χ1v) is 6.39. The van der Waals surface area contributed by atoms with Crippen LogP contribution in [-0.4, -0.2) is 31.9 Å². The summed E-state index contributed by atoms with van der Waals surface area (Å²) in [7, 11) is 0. The monoisotopic (exact) mass is 295 g/mol. The molecule has 1 N–H and O–H groups in total. The summed E-state index contributed by atoms with van der Waals surface area (Å²) in [5.74, 6) is -0.965. The molecule has 0 radical (unpaired) electrons. The molecule has 1 aromatic carbocycles. The van der Waals surface area contributed by atoms with Gasteiger partial charge in [-0.1, -0.05) is 11.8 Å². The number of aromatic nitrogens is 2. The van der Waals surface area contributed by atoms with Crippen LogP contribution in [0.3, 0.4) is 0 Å². The molecule has 0 spiro atoms. The Balaban J connectivity index is 2.23. The number of nitro benzene ring substituents is 1. The van der Waals surface area contributed by atoms with Gasteiger partial charge in [-0.15, -0.1) is 10.2 Å². The highest BCUT2D eigenvalue weighted by Crippen LogP contribution is 2.28. The number of carboxylic acids is 1. The Morgan fingerprint density at radius 2 is 2.25 bits per heavy atom. The number of aliphatic carboxylic acids is 1. The van der Waals surface area contributed by atoms with E-state index in [9.17, 15) is 14.9 Å². The highest BCUT2D eigenvalue weighted by atomic mass is 32.2. The Hall–Kier alpha value is -2.42. The molecule has 0 saturated heterocycles. The molecule has 1 heterocycles. The minimum absolute atomic E-state index is 0.0220. The second kappa shape index (κ2) is 5.70. The molecule has 0 aliphatic rings. The van der Waals surface area contributed by atoms with Gasteiger partial charge < -0.3 is 9.52 Å². The molecule has 1 aromatic heterocycles. The smallest absolute Gasteiger partial charge is 0.314 e. The van der Waals surface area contributed by atoms with Gasteiger partial charge in [0.1, 0.15) is 5.75 Å². The van der Waals surface area contributed by atoms with Crippen molar-refractivity contribution in [1.29, 1.82) is 0 Å². The first-order chi connectivity index (χ1) is 9.47. The topological polar surface area (TPSA) is 119 Å². The summed E-state index contributed by atoms with van der Waals surface area (Å²) in [6.07, 6.45) is 0. The van der Waals surface area contributed by atoms with Crippen LogP contribution < -0.4 is 0 Å². The molecular weight excluding hydrogens is 286 g/mol. The predicted molar refractivity (Wildman–Crippen MR) is 69.5 cm³/mol. The minimum atomic E-state index is -0.985. The van der Waals surface area contributed by atoms with Crippen molar-refractivity contribution in [1.82, 2.24) is 10.2 Å². The number of thioether (sulfide) groups is 1. The molecule has 20 heavy (non-hydrogen) atoms. The van der Waals surface area contributed by atoms with Crippen LogP contribution in [-0.2, 0) is 4.79 Å². The zero-order chi connectivity index (χ0) is 14.7. The van der Waals surface area contributed by atoms with Gasteiger partial charge in [-0.05, 0) is 18.6 Å². The Labute approximate surface area is 117 Å². The fraction of sp³-hybridized carbons (Fsp3) is 0.182. The van der Waals surface area contributed by atoms with E-state index in [-0.39, 0.29) is 22.6 Å². The third-order valence-electron chi connectivity index (χ3n) is 2.38. The summed E-state index contributed by atoms with van der Waals surface area (Å²) in [4.78, 5) is 20.6. The lowest BCUT2D eigenvalue weighted by molar-refractivity contribution is -0.384. The summed E-state index contributed by atoms with van der Waals surface area (Å²) in [6.45, 7) is 1.69. The van der Waals surface area contributed by atoms with Crippen LogP contribution in [0.1, 0.15) is 5.56 Å². The van der Waals surface area contributed by atoms with E-state index < -0.39 is 10.9 Å². The molecule has 0 unspecified atom stereocenters. The van der Waals surface area contributed by atoms with Crippen molar-refractivity contribution in [3.05, 3.63) is 33.9 Å². The predicted octanol–water partition coefficient (Wildman–Crippen LogP) is 2.13. The quantitative estimate of drug-likeness (QED) is 0.506. The summed E-state index contributed by atoms with van der Waals surface area (Å²) < 4.78 is 5.31. The van der Waals surface area contributed by atoms with E-state index in [0.717, 1.165) is 11.8 Å². The Morgan fingerprint density at radius 3 is 2.85 bits per heavy atom. The lowest BCUT2D eigenvalue weighted by Crippen LogP contribution is -1.97. The van der Waals surface area contributed by atoms with Gasteiger partial charge in [-0.2, -0.15) is 0 Å². The average molecular weight is 295 g/mol. The lowest BCUT2D eigenvalue weighted by Gasteiger charge is -2.00. The second-order valence-electron chi connectivity index (χ2n) is 3.81. The van der Waals surface area contributed by atoms with E-state index >= 15 is 0 Å². The van der Waals surface area contributed by atoms with Crippen molar-refractivity contribution in [2.24, 2.45) is 0 Å². The maximum absolute atomic E-state index is 10.6. The van der Waals surface area contributed by atoms with Gasteiger partial charge >= 0.3 is 5.97 Å². The maximum atomic E-state index is 10.6. The van der Waals surface area contributed by atoms with Crippen molar-refractivity contribution in [2.75, 3.05) is 5.75 Å². The van der Waals surface area contributed by atoms with E-state index in [0.29, 0.717) is 11.1 Å². The second-order valence-corrected chi connectivity index (χ2v) is 4.74. The maximum Gasteiger partial charge on any atom is 0.314 e. The average Bonchev–Trinajstić information content (AvgIpc) is 2.84. The van der Waals surface area contributed by atoms with Crippen molar-refractivity contribution in [2.45, 2.75) is 12.1 Å². The van der Waals surface area contributed by atoms with Crippen LogP contribution in [0.25, 0.3) is 11.5 Å². The number of aryl methyl sites for hydroxylation is 1. The number of nitro groups is 1. The highest BCUT2D eigenvalue weighted by molar-refractivity contribution is 7.99.